The van der Waals surface area contributed by atoms with Gasteiger partial charge in [0.05, 0.1) is 5.39 Å². The topological polar surface area (TPSA) is 25.8 Å². The maximum Gasteiger partial charge on any atom is 0.141 e. The summed E-state index contributed by atoms with van der Waals surface area (Å²) in [6.45, 7) is 10.8. The van der Waals surface area contributed by atoms with Crippen molar-refractivity contribution in [1.29, 1.82) is 0 Å². The zero-order chi connectivity index (χ0) is 13.5. The number of halogens is 1. The van der Waals surface area contributed by atoms with Crippen LogP contribution >= 0.6 is 22.9 Å². The summed E-state index contributed by atoms with van der Waals surface area (Å²) >= 11 is 8.07. The van der Waals surface area contributed by atoms with Crippen LogP contribution in [0.25, 0.3) is 10.2 Å². The summed E-state index contributed by atoms with van der Waals surface area (Å²) in [5.41, 5.74) is 1.47. The molecule has 18 heavy (non-hydrogen) atoms. The van der Waals surface area contributed by atoms with E-state index in [1.54, 1.807) is 11.3 Å². The normalized spacial score (nSPS) is 12.3. The van der Waals surface area contributed by atoms with Crippen LogP contribution in [0.2, 0.25) is 5.15 Å². The Bertz CT molecular complexity index is 581. The van der Waals surface area contributed by atoms with Gasteiger partial charge in [0.25, 0.3) is 0 Å². The van der Waals surface area contributed by atoms with Gasteiger partial charge < -0.3 is 0 Å². The molecule has 0 radical (unpaired) electrons. The molecule has 0 saturated carbocycles. The van der Waals surface area contributed by atoms with E-state index in [-0.39, 0.29) is 5.41 Å². The van der Waals surface area contributed by atoms with Crippen molar-refractivity contribution in [1.82, 2.24) is 9.97 Å². The monoisotopic (exact) mass is 282 g/mol. The molecule has 2 nitrogen and oxygen atoms in total. The summed E-state index contributed by atoms with van der Waals surface area (Å²) in [5.74, 6) is 0.851. The van der Waals surface area contributed by atoms with Crippen LogP contribution < -0.4 is 0 Å². The molecule has 2 rings (SSSR count). The second-order valence-corrected chi connectivity index (χ2v) is 7.40. The number of fused-ring (bicyclic) bond motifs is 1. The van der Waals surface area contributed by atoms with Gasteiger partial charge in [0.2, 0.25) is 0 Å². The molecule has 0 fully saturated rings. The molecule has 0 aliphatic carbocycles. The quantitative estimate of drug-likeness (QED) is 0.739. The molecule has 0 amide bonds. The summed E-state index contributed by atoms with van der Waals surface area (Å²) in [4.78, 5) is 11.5. The number of aromatic nitrogens is 2. The number of aryl methyl sites for hydroxylation is 2. The minimum Gasteiger partial charge on any atom is -0.222 e. The van der Waals surface area contributed by atoms with E-state index in [1.807, 2.05) is 0 Å². The average molecular weight is 283 g/mol. The van der Waals surface area contributed by atoms with Gasteiger partial charge in [-0.3, -0.25) is 0 Å². The minimum atomic E-state index is 0.177. The van der Waals surface area contributed by atoms with Crippen molar-refractivity contribution in [2.24, 2.45) is 5.41 Å². The van der Waals surface area contributed by atoms with E-state index in [0.717, 1.165) is 28.9 Å². The molecule has 0 aliphatic heterocycles. The molecule has 0 bridgehead atoms. The molecule has 0 N–H and O–H groups in total. The summed E-state index contributed by atoms with van der Waals surface area (Å²) in [6, 6.07) is 0. The molecule has 0 spiro atoms. The third-order valence-electron chi connectivity index (χ3n) is 2.90. The highest BCUT2D eigenvalue weighted by Gasteiger charge is 2.18. The Balaban J connectivity index is 2.57. The Kier molecular flexibility index (Phi) is 3.65. The molecule has 2 aromatic heterocycles. The zero-order valence-corrected chi connectivity index (χ0v) is 13.2. The maximum absolute atomic E-state index is 6.34. The molecule has 0 aromatic carbocycles. The fraction of sp³-hybridized carbons (Fsp3) is 0.571. The van der Waals surface area contributed by atoms with Crippen LogP contribution in [0, 0.1) is 12.3 Å². The van der Waals surface area contributed by atoms with E-state index in [4.69, 9.17) is 11.6 Å². The lowest BCUT2D eigenvalue weighted by Crippen LogP contribution is -2.12. The van der Waals surface area contributed by atoms with E-state index in [1.165, 1.54) is 10.4 Å². The largest absolute Gasteiger partial charge is 0.222 e. The van der Waals surface area contributed by atoms with Gasteiger partial charge in [-0.05, 0) is 24.3 Å². The Morgan fingerprint density at radius 1 is 1.22 bits per heavy atom. The van der Waals surface area contributed by atoms with Gasteiger partial charge in [-0.25, -0.2) is 9.97 Å². The first kappa shape index (κ1) is 13.8. The van der Waals surface area contributed by atoms with Crippen LogP contribution in [0.5, 0.6) is 0 Å². The van der Waals surface area contributed by atoms with E-state index in [2.05, 4.69) is 44.6 Å². The van der Waals surface area contributed by atoms with Crippen LogP contribution in [-0.4, -0.2) is 9.97 Å². The van der Waals surface area contributed by atoms with Gasteiger partial charge in [-0.1, -0.05) is 39.3 Å². The second-order valence-electron chi connectivity index (χ2n) is 5.84. The molecule has 0 aliphatic rings. The van der Waals surface area contributed by atoms with Crippen molar-refractivity contribution in [2.75, 3.05) is 0 Å². The number of rotatable bonds is 2. The van der Waals surface area contributed by atoms with E-state index < -0.39 is 0 Å². The highest BCUT2D eigenvalue weighted by atomic mass is 35.5. The lowest BCUT2D eigenvalue weighted by atomic mass is 9.92. The Morgan fingerprint density at radius 3 is 2.44 bits per heavy atom. The van der Waals surface area contributed by atoms with Gasteiger partial charge in [0.15, 0.2) is 0 Å². The van der Waals surface area contributed by atoms with Crippen molar-refractivity contribution in [3.63, 3.8) is 0 Å². The van der Waals surface area contributed by atoms with Gasteiger partial charge in [0, 0.05) is 11.3 Å². The fourth-order valence-corrected chi connectivity index (χ4v) is 3.63. The zero-order valence-electron chi connectivity index (χ0n) is 11.6. The molecular formula is C14H19ClN2S. The molecule has 98 valence electrons. The van der Waals surface area contributed by atoms with Crippen molar-refractivity contribution in [3.8, 4) is 0 Å². The van der Waals surface area contributed by atoms with Crippen LogP contribution in [0.15, 0.2) is 0 Å². The second kappa shape index (κ2) is 4.78. The van der Waals surface area contributed by atoms with E-state index >= 15 is 0 Å². The Labute approximate surface area is 117 Å². The van der Waals surface area contributed by atoms with Crippen molar-refractivity contribution >= 4 is 33.2 Å². The highest BCUT2D eigenvalue weighted by Crippen LogP contribution is 2.34. The third kappa shape index (κ3) is 2.67. The number of nitrogens with zero attached hydrogens (tertiary/aromatic N) is 2. The predicted octanol–water partition coefficient (Wildman–Crippen LogP) is 4.80. The first-order valence-electron chi connectivity index (χ1n) is 6.26. The van der Waals surface area contributed by atoms with Gasteiger partial charge in [-0.2, -0.15) is 0 Å². The molecular weight excluding hydrogens is 264 g/mol. The SMILES string of the molecule is CCc1c(C)sc2nc(CC(C)(C)C)nc(Cl)c12. The Hall–Kier alpha value is -0.670. The number of hydrogen-bond acceptors (Lipinski definition) is 3. The maximum atomic E-state index is 6.34. The predicted molar refractivity (Wildman–Crippen MR) is 79.7 cm³/mol. The summed E-state index contributed by atoms with van der Waals surface area (Å²) in [5, 5.41) is 1.67. The fourth-order valence-electron chi connectivity index (χ4n) is 2.14. The van der Waals surface area contributed by atoms with Crippen molar-refractivity contribution in [2.45, 2.75) is 47.5 Å². The minimum absolute atomic E-state index is 0.177. The van der Waals surface area contributed by atoms with E-state index in [0.29, 0.717) is 5.15 Å². The van der Waals surface area contributed by atoms with Gasteiger partial charge in [0.1, 0.15) is 15.8 Å². The van der Waals surface area contributed by atoms with Gasteiger partial charge >= 0.3 is 0 Å². The van der Waals surface area contributed by atoms with Crippen LogP contribution in [0.3, 0.4) is 0 Å². The van der Waals surface area contributed by atoms with Crippen LogP contribution in [0.1, 0.15) is 44.0 Å². The molecule has 4 heteroatoms. The number of hydrogen-bond donors (Lipinski definition) is 0. The van der Waals surface area contributed by atoms with Crippen molar-refractivity contribution in [3.05, 3.63) is 21.4 Å². The average Bonchev–Trinajstić information content (AvgIpc) is 2.51. The molecule has 0 atom stereocenters. The van der Waals surface area contributed by atoms with Crippen LogP contribution in [0.4, 0.5) is 0 Å². The smallest absolute Gasteiger partial charge is 0.141 e. The summed E-state index contributed by atoms with van der Waals surface area (Å²) in [6.07, 6.45) is 1.83. The first-order chi connectivity index (χ1) is 8.31. The summed E-state index contributed by atoms with van der Waals surface area (Å²) in [7, 11) is 0. The first-order valence-corrected chi connectivity index (χ1v) is 7.45. The number of thiophene rings is 1. The standard InChI is InChI=1S/C14H19ClN2S/c1-6-9-8(2)18-13-11(9)12(15)16-10(17-13)7-14(3,4)5/h6-7H2,1-5H3. The summed E-state index contributed by atoms with van der Waals surface area (Å²) < 4.78 is 0. The van der Waals surface area contributed by atoms with Gasteiger partial charge in [-0.15, -0.1) is 11.3 Å². The Morgan fingerprint density at radius 2 is 1.89 bits per heavy atom. The lowest BCUT2D eigenvalue weighted by molar-refractivity contribution is 0.401. The van der Waals surface area contributed by atoms with Crippen LogP contribution in [-0.2, 0) is 12.8 Å². The lowest BCUT2D eigenvalue weighted by Gasteiger charge is -2.16. The highest BCUT2D eigenvalue weighted by molar-refractivity contribution is 7.18. The third-order valence-corrected chi connectivity index (χ3v) is 4.21. The molecule has 2 heterocycles. The van der Waals surface area contributed by atoms with E-state index in [9.17, 15) is 0 Å². The van der Waals surface area contributed by atoms with Crippen molar-refractivity contribution < 1.29 is 0 Å². The molecule has 0 unspecified atom stereocenters. The molecule has 2 aromatic rings. The molecule has 0 saturated heterocycles.